The minimum atomic E-state index is -0.161. The molecule has 5 nitrogen and oxygen atoms in total. The van der Waals surface area contributed by atoms with Gasteiger partial charge in [-0.05, 0) is 43.0 Å². The van der Waals surface area contributed by atoms with E-state index in [2.05, 4.69) is 26.6 Å². The molecule has 0 unspecified atom stereocenters. The molecule has 1 aromatic carbocycles. The van der Waals surface area contributed by atoms with Crippen molar-refractivity contribution in [2.45, 2.75) is 32.4 Å². The molecule has 126 valence electrons. The van der Waals surface area contributed by atoms with Gasteiger partial charge in [0.2, 0.25) is 0 Å². The summed E-state index contributed by atoms with van der Waals surface area (Å²) in [6, 6.07) is 13.8. The first-order valence-corrected chi connectivity index (χ1v) is 8.51. The van der Waals surface area contributed by atoms with Gasteiger partial charge in [-0.25, -0.2) is 9.78 Å². The van der Waals surface area contributed by atoms with Crippen LogP contribution >= 0.6 is 0 Å². The number of benzene rings is 1. The van der Waals surface area contributed by atoms with E-state index in [0.717, 1.165) is 30.0 Å². The van der Waals surface area contributed by atoms with Crippen molar-refractivity contribution in [2.24, 2.45) is 0 Å². The van der Waals surface area contributed by atoms with E-state index < -0.39 is 0 Å². The normalized spacial score (nSPS) is 15.1. The summed E-state index contributed by atoms with van der Waals surface area (Å²) in [6.45, 7) is 4.61. The molecular formula is C19H24N4O. The number of rotatable bonds is 5. The fourth-order valence-electron chi connectivity index (χ4n) is 2.94. The number of urea groups is 1. The van der Waals surface area contributed by atoms with Gasteiger partial charge in [-0.1, -0.05) is 30.3 Å². The van der Waals surface area contributed by atoms with Crippen LogP contribution in [0.15, 0.2) is 48.7 Å². The molecule has 2 heterocycles. The number of anilines is 1. The summed E-state index contributed by atoms with van der Waals surface area (Å²) in [5.74, 6) is 1.00. The van der Waals surface area contributed by atoms with E-state index in [1.165, 1.54) is 12.8 Å². The van der Waals surface area contributed by atoms with Crippen molar-refractivity contribution < 1.29 is 4.79 Å². The molecule has 1 fully saturated rings. The molecule has 0 radical (unpaired) electrons. The molecule has 2 amide bonds. The van der Waals surface area contributed by atoms with E-state index in [4.69, 9.17) is 0 Å². The highest BCUT2D eigenvalue weighted by Crippen LogP contribution is 2.18. The summed E-state index contributed by atoms with van der Waals surface area (Å²) in [4.78, 5) is 18.8. The van der Waals surface area contributed by atoms with Gasteiger partial charge in [0.1, 0.15) is 5.82 Å². The van der Waals surface area contributed by atoms with Crippen LogP contribution in [0.1, 0.15) is 36.9 Å². The molecule has 5 heteroatoms. The summed E-state index contributed by atoms with van der Waals surface area (Å²) < 4.78 is 0. The van der Waals surface area contributed by atoms with E-state index >= 15 is 0 Å². The lowest BCUT2D eigenvalue weighted by molar-refractivity contribution is 0.237. The van der Waals surface area contributed by atoms with Crippen LogP contribution in [0.5, 0.6) is 0 Å². The molecule has 1 saturated heterocycles. The van der Waals surface area contributed by atoms with E-state index in [1.807, 2.05) is 49.5 Å². The monoisotopic (exact) mass is 324 g/mol. The van der Waals surface area contributed by atoms with Crippen LogP contribution in [-0.4, -0.2) is 24.1 Å². The highest BCUT2D eigenvalue weighted by atomic mass is 16.2. The number of nitrogens with one attached hydrogen (secondary N) is 2. The van der Waals surface area contributed by atoms with Crippen LogP contribution in [0.25, 0.3) is 0 Å². The molecule has 0 saturated carbocycles. The highest BCUT2D eigenvalue weighted by Gasteiger charge is 2.14. The molecule has 1 atom stereocenters. The number of pyridine rings is 1. The van der Waals surface area contributed by atoms with Crippen molar-refractivity contribution in [3.63, 3.8) is 0 Å². The lowest BCUT2D eigenvalue weighted by atomic mass is 10.1. The first-order valence-electron chi connectivity index (χ1n) is 8.51. The Hall–Kier alpha value is -2.56. The van der Waals surface area contributed by atoms with Gasteiger partial charge in [-0.3, -0.25) is 0 Å². The Morgan fingerprint density at radius 3 is 2.71 bits per heavy atom. The van der Waals surface area contributed by atoms with Crippen molar-refractivity contribution in [2.75, 3.05) is 18.0 Å². The maximum Gasteiger partial charge on any atom is 0.315 e. The van der Waals surface area contributed by atoms with Gasteiger partial charge < -0.3 is 15.5 Å². The lowest BCUT2D eigenvalue weighted by Gasteiger charge is -2.17. The topological polar surface area (TPSA) is 57.3 Å². The maximum atomic E-state index is 12.1. The van der Waals surface area contributed by atoms with Gasteiger partial charge in [0, 0.05) is 25.8 Å². The van der Waals surface area contributed by atoms with Gasteiger partial charge in [0.25, 0.3) is 0 Å². The summed E-state index contributed by atoms with van der Waals surface area (Å²) in [5.41, 5.74) is 2.15. The largest absolute Gasteiger partial charge is 0.357 e. The Kier molecular flexibility index (Phi) is 5.31. The average Bonchev–Trinajstić information content (AvgIpc) is 3.16. The van der Waals surface area contributed by atoms with E-state index in [0.29, 0.717) is 6.54 Å². The Morgan fingerprint density at radius 2 is 1.96 bits per heavy atom. The Bertz CT molecular complexity index is 668. The number of carbonyl (C=O) groups excluding carboxylic acids is 1. The van der Waals surface area contributed by atoms with Crippen molar-refractivity contribution in [1.29, 1.82) is 0 Å². The van der Waals surface area contributed by atoms with Crippen LogP contribution in [0.2, 0.25) is 0 Å². The number of carbonyl (C=O) groups is 1. The van der Waals surface area contributed by atoms with E-state index in [-0.39, 0.29) is 12.1 Å². The molecule has 0 bridgehead atoms. The Labute approximate surface area is 143 Å². The molecule has 1 aliphatic rings. The quantitative estimate of drug-likeness (QED) is 0.888. The molecule has 1 aromatic heterocycles. The summed E-state index contributed by atoms with van der Waals surface area (Å²) >= 11 is 0. The molecule has 2 aromatic rings. The molecule has 24 heavy (non-hydrogen) atoms. The predicted molar refractivity (Wildman–Crippen MR) is 95.9 cm³/mol. The third-order valence-electron chi connectivity index (χ3n) is 4.34. The number of aromatic nitrogens is 1. The Balaban J connectivity index is 1.52. The van der Waals surface area contributed by atoms with Crippen LogP contribution < -0.4 is 15.5 Å². The minimum absolute atomic E-state index is 0.0243. The molecule has 3 rings (SSSR count). The standard InChI is InChI=1S/C19H24N4O/c1-15(17-7-3-2-4-8-17)22-19(24)21-14-16-9-10-20-18(13-16)23-11-5-6-12-23/h2-4,7-10,13,15H,5-6,11-12,14H2,1H3,(H2,21,22,24)/t15-/m1/s1. The van der Waals surface area contributed by atoms with Crippen molar-refractivity contribution in [3.05, 3.63) is 59.8 Å². The zero-order valence-electron chi connectivity index (χ0n) is 14.0. The molecule has 2 N–H and O–H groups in total. The van der Waals surface area contributed by atoms with Crippen LogP contribution in [0.3, 0.4) is 0 Å². The van der Waals surface area contributed by atoms with Gasteiger partial charge in [0.05, 0.1) is 6.04 Å². The highest BCUT2D eigenvalue weighted by molar-refractivity contribution is 5.74. The summed E-state index contributed by atoms with van der Waals surface area (Å²) in [7, 11) is 0. The van der Waals surface area contributed by atoms with E-state index in [1.54, 1.807) is 0 Å². The van der Waals surface area contributed by atoms with Crippen molar-refractivity contribution in [1.82, 2.24) is 15.6 Å². The third kappa shape index (κ3) is 4.25. The second-order valence-corrected chi connectivity index (χ2v) is 6.18. The molecule has 1 aliphatic heterocycles. The van der Waals surface area contributed by atoms with Crippen molar-refractivity contribution >= 4 is 11.8 Å². The zero-order chi connectivity index (χ0) is 16.8. The second-order valence-electron chi connectivity index (χ2n) is 6.18. The SMILES string of the molecule is C[C@@H](NC(=O)NCc1ccnc(N2CCCC2)c1)c1ccccc1. The third-order valence-corrected chi connectivity index (χ3v) is 4.34. The summed E-state index contributed by atoms with van der Waals surface area (Å²) in [6.07, 6.45) is 4.27. The maximum absolute atomic E-state index is 12.1. The number of amides is 2. The van der Waals surface area contributed by atoms with Crippen LogP contribution in [0, 0.1) is 0 Å². The lowest BCUT2D eigenvalue weighted by Crippen LogP contribution is -2.36. The predicted octanol–water partition coefficient (Wildman–Crippen LogP) is 3.24. The van der Waals surface area contributed by atoms with Crippen LogP contribution in [-0.2, 0) is 6.54 Å². The fraction of sp³-hybridized carbons (Fsp3) is 0.368. The number of nitrogens with zero attached hydrogens (tertiary/aromatic N) is 2. The first-order chi connectivity index (χ1) is 11.7. The number of hydrogen-bond donors (Lipinski definition) is 2. The summed E-state index contributed by atoms with van der Waals surface area (Å²) in [5, 5.41) is 5.88. The smallest absolute Gasteiger partial charge is 0.315 e. The molecule has 0 aliphatic carbocycles. The molecular weight excluding hydrogens is 300 g/mol. The second kappa shape index (κ2) is 7.81. The van der Waals surface area contributed by atoms with Gasteiger partial charge >= 0.3 is 6.03 Å². The fourth-order valence-corrected chi connectivity index (χ4v) is 2.94. The van der Waals surface area contributed by atoms with Gasteiger partial charge in [-0.2, -0.15) is 0 Å². The van der Waals surface area contributed by atoms with E-state index in [9.17, 15) is 4.79 Å². The first kappa shape index (κ1) is 16.3. The zero-order valence-corrected chi connectivity index (χ0v) is 14.0. The average molecular weight is 324 g/mol. The van der Waals surface area contributed by atoms with Gasteiger partial charge in [0.15, 0.2) is 0 Å². The minimum Gasteiger partial charge on any atom is -0.357 e. The van der Waals surface area contributed by atoms with Crippen LogP contribution in [0.4, 0.5) is 10.6 Å². The number of hydrogen-bond acceptors (Lipinski definition) is 3. The Morgan fingerprint density at radius 1 is 1.21 bits per heavy atom. The molecule has 0 spiro atoms. The van der Waals surface area contributed by atoms with Crippen molar-refractivity contribution in [3.8, 4) is 0 Å². The van der Waals surface area contributed by atoms with Gasteiger partial charge in [-0.15, -0.1) is 0 Å².